The summed E-state index contributed by atoms with van der Waals surface area (Å²) in [7, 11) is -4.61. The quantitative estimate of drug-likeness (QED) is 0.147. The zero-order valence-corrected chi connectivity index (χ0v) is 25.3. The number of nitrogen functional groups attached to an aromatic ring is 1. The lowest BCUT2D eigenvalue weighted by atomic mass is 9.99. The number of rotatable bonds is 10. The second kappa shape index (κ2) is 12.0. The summed E-state index contributed by atoms with van der Waals surface area (Å²) >= 11 is 0. The molecule has 0 spiro atoms. The van der Waals surface area contributed by atoms with E-state index in [1.165, 1.54) is 19.2 Å². The van der Waals surface area contributed by atoms with E-state index < -0.39 is 50.7 Å². The number of benzene rings is 2. The van der Waals surface area contributed by atoms with E-state index in [-0.39, 0.29) is 29.2 Å². The minimum absolute atomic E-state index is 0.0821. The first kappa shape index (κ1) is 31.7. The Balaban J connectivity index is 1.40. The largest absolute Gasteiger partial charge is 0.464 e. The number of carbonyl (C=O) groups is 1. The summed E-state index contributed by atoms with van der Waals surface area (Å²) in [6, 6.07) is 10.9. The van der Waals surface area contributed by atoms with Gasteiger partial charge in [-0.15, -0.1) is 0 Å². The molecule has 0 aliphatic carbocycles. The van der Waals surface area contributed by atoms with Gasteiger partial charge in [-0.2, -0.15) is 10.2 Å². The van der Waals surface area contributed by atoms with E-state index >= 15 is 4.39 Å². The van der Waals surface area contributed by atoms with Crippen LogP contribution < -0.4 is 15.3 Å². The van der Waals surface area contributed by atoms with Crippen LogP contribution in [0.4, 0.5) is 10.2 Å². The van der Waals surface area contributed by atoms with Gasteiger partial charge in [0.2, 0.25) is 0 Å². The highest BCUT2D eigenvalue weighted by Gasteiger charge is 2.58. The topological polar surface area (TPSA) is 193 Å². The Bertz CT molecular complexity index is 1710. The zero-order chi connectivity index (χ0) is 31.9. The van der Waals surface area contributed by atoms with Crippen LogP contribution >= 0.6 is 7.75 Å². The molecule has 0 amide bonds. The molecular weight excluding hydrogens is 598 g/mol. The number of alkyl halides is 1. The van der Waals surface area contributed by atoms with Gasteiger partial charge in [-0.3, -0.25) is 9.32 Å². The number of nitrogens with one attached hydrogen (secondary N) is 1. The maximum Gasteiger partial charge on any atom is 0.459 e. The van der Waals surface area contributed by atoms with Gasteiger partial charge in [0.1, 0.15) is 42.8 Å². The Hall–Kier alpha value is -3.72. The van der Waals surface area contributed by atoms with E-state index in [4.69, 9.17) is 24.3 Å². The fraction of sp³-hybridized carbons (Fsp3) is 0.429. The number of nitrogens with zero attached hydrogens (tertiary/aromatic N) is 4. The monoisotopic (exact) mass is 632 g/mol. The van der Waals surface area contributed by atoms with Crippen LogP contribution in [0.15, 0.2) is 55.0 Å². The zero-order valence-electron chi connectivity index (χ0n) is 24.5. The number of esters is 1. The Morgan fingerprint density at radius 3 is 2.68 bits per heavy atom. The third kappa shape index (κ3) is 6.53. The van der Waals surface area contributed by atoms with Crippen molar-refractivity contribution in [2.75, 3.05) is 18.9 Å². The maximum absolute atomic E-state index is 16.2. The van der Waals surface area contributed by atoms with Gasteiger partial charge in [0.15, 0.2) is 11.9 Å². The second-order valence-electron chi connectivity index (χ2n) is 11.7. The average molecular weight is 633 g/mol. The van der Waals surface area contributed by atoms with E-state index in [2.05, 4.69) is 20.2 Å². The van der Waals surface area contributed by atoms with Crippen molar-refractivity contribution < 1.29 is 42.5 Å². The number of halogens is 1. The van der Waals surface area contributed by atoms with Crippen molar-refractivity contribution in [1.82, 2.24) is 24.8 Å². The lowest BCUT2D eigenvalue weighted by Crippen LogP contribution is -2.44. The standard InChI is InChI=1S/C28H34FN6O8P/c1-16(26(38)40-13-27(2,3)4)34-44(39,43-20-11-7-9-17-8-5-6-10-18(17)20)41-14-28(29)22(37)21(36)25(42-28)35-24-19(12-33-35)23(30)31-15-32-24/h5-12,15-16,21-22,25,36-37H,13-14H2,1-4H3,(H,34,39)(H2,30,31,32)/t16-,21+,22-,25+,28+,44?/m0/s1. The summed E-state index contributed by atoms with van der Waals surface area (Å²) < 4.78 is 53.5. The summed E-state index contributed by atoms with van der Waals surface area (Å²) in [5.74, 6) is -3.64. The minimum Gasteiger partial charge on any atom is -0.464 e. The molecule has 3 heterocycles. The van der Waals surface area contributed by atoms with E-state index in [9.17, 15) is 19.6 Å². The molecule has 2 aromatic heterocycles. The number of anilines is 1. The smallest absolute Gasteiger partial charge is 0.459 e. The van der Waals surface area contributed by atoms with Crippen molar-refractivity contribution in [2.45, 2.75) is 58.0 Å². The van der Waals surface area contributed by atoms with Gasteiger partial charge >= 0.3 is 13.7 Å². The number of aliphatic hydroxyl groups excluding tert-OH is 2. The van der Waals surface area contributed by atoms with Crippen molar-refractivity contribution in [3.63, 3.8) is 0 Å². The number of carbonyl (C=O) groups excluding carboxylic acids is 1. The fourth-order valence-electron chi connectivity index (χ4n) is 4.50. The summed E-state index contributed by atoms with van der Waals surface area (Å²) in [6.45, 7) is 5.91. The van der Waals surface area contributed by atoms with Crippen LogP contribution in [0.1, 0.15) is 33.9 Å². The van der Waals surface area contributed by atoms with Crippen molar-refractivity contribution in [2.24, 2.45) is 5.41 Å². The lowest BCUT2D eigenvalue weighted by Gasteiger charge is -2.28. The van der Waals surface area contributed by atoms with Gasteiger partial charge in [0.25, 0.3) is 5.85 Å². The van der Waals surface area contributed by atoms with Crippen LogP contribution in [0.3, 0.4) is 0 Å². The average Bonchev–Trinajstić information content (AvgIpc) is 3.50. The summed E-state index contributed by atoms with van der Waals surface area (Å²) in [5, 5.41) is 29.6. The molecule has 16 heteroatoms. The predicted molar refractivity (Wildman–Crippen MR) is 157 cm³/mol. The van der Waals surface area contributed by atoms with Gasteiger partial charge < -0.3 is 29.9 Å². The normalized spacial score (nSPS) is 24.3. The van der Waals surface area contributed by atoms with Gasteiger partial charge in [0, 0.05) is 5.39 Å². The van der Waals surface area contributed by atoms with Crippen molar-refractivity contribution >= 4 is 41.3 Å². The third-order valence-corrected chi connectivity index (χ3v) is 8.40. The molecule has 6 atom stereocenters. The molecule has 1 saturated heterocycles. The molecule has 5 rings (SSSR count). The van der Waals surface area contributed by atoms with Crippen LogP contribution in [0, 0.1) is 5.41 Å². The Kier molecular flexibility index (Phi) is 8.64. The van der Waals surface area contributed by atoms with E-state index in [1.54, 1.807) is 18.2 Å². The third-order valence-electron chi connectivity index (χ3n) is 6.79. The van der Waals surface area contributed by atoms with Gasteiger partial charge in [-0.25, -0.2) is 23.6 Å². The number of hydrogen-bond donors (Lipinski definition) is 4. The first-order valence-electron chi connectivity index (χ1n) is 13.7. The first-order valence-corrected chi connectivity index (χ1v) is 15.3. The highest BCUT2D eigenvalue weighted by atomic mass is 31.2. The highest BCUT2D eigenvalue weighted by Crippen LogP contribution is 2.49. The van der Waals surface area contributed by atoms with E-state index in [1.807, 2.05) is 39.0 Å². The summed E-state index contributed by atoms with van der Waals surface area (Å²) in [6.07, 6.45) is -3.13. The van der Waals surface area contributed by atoms with E-state index in [0.717, 1.165) is 16.4 Å². The summed E-state index contributed by atoms with van der Waals surface area (Å²) in [4.78, 5) is 20.7. The number of aliphatic hydroxyl groups is 2. The van der Waals surface area contributed by atoms with Crippen LogP contribution in [0.25, 0.3) is 21.8 Å². The minimum atomic E-state index is -4.61. The first-order chi connectivity index (χ1) is 20.7. The molecular formula is C28H34FN6O8P. The van der Waals surface area contributed by atoms with Crippen molar-refractivity contribution in [1.29, 1.82) is 0 Å². The molecule has 2 aromatic carbocycles. The maximum atomic E-state index is 16.2. The molecule has 1 aliphatic rings. The Morgan fingerprint density at radius 1 is 1.20 bits per heavy atom. The Labute approximate surface area is 251 Å². The molecule has 0 saturated carbocycles. The highest BCUT2D eigenvalue weighted by molar-refractivity contribution is 7.52. The molecule has 236 valence electrons. The van der Waals surface area contributed by atoms with Crippen LogP contribution in [0.5, 0.6) is 5.75 Å². The molecule has 1 aliphatic heterocycles. The number of hydrogen-bond acceptors (Lipinski definition) is 12. The van der Waals surface area contributed by atoms with Gasteiger partial charge in [0.05, 0.1) is 18.2 Å². The number of ether oxygens (including phenoxy) is 2. The number of aromatic nitrogens is 4. The van der Waals surface area contributed by atoms with Crippen LogP contribution in [-0.2, 0) is 23.4 Å². The molecule has 44 heavy (non-hydrogen) atoms. The van der Waals surface area contributed by atoms with Gasteiger partial charge in [-0.1, -0.05) is 57.2 Å². The fourth-order valence-corrected chi connectivity index (χ4v) is 6.03. The van der Waals surface area contributed by atoms with Crippen LogP contribution in [0.2, 0.25) is 0 Å². The molecule has 4 aromatic rings. The number of fused-ring (bicyclic) bond motifs is 2. The number of nitrogens with two attached hydrogens (primary N) is 1. The molecule has 1 fully saturated rings. The predicted octanol–water partition coefficient (Wildman–Crippen LogP) is 3.25. The summed E-state index contributed by atoms with van der Waals surface area (Å²) in [5.41, 5.74) is 5.63. The molecule has 0 bridgehead atoms. The van der Waals surface area contributed by atoms with Crippen molar-refractivity contribution in [3.05, 3.63) is 55.0 Å². The molecule has 0 radical (unpaired) electrons. The molecule has 5 N–H and O–H groups in total. The van der Waals surface area contributed by atoms with E-state index in [0.29, 0.717) is 10.8 Å². The second-order valence-corrected chi connectivity index (χ2v) is 13.4. The van der Waals surface area contributed by atoms with Gasteiger partial charge in [-0.05, 0) is 23.8 Å². The SMILES string of the molecule is C[C@H](NP(=O)(OC[C@@]1(F)O[C@@H](n2ncc3c(N)ncnc32)[C@H](O)[C@@H]1O)Oc1cccc2ccccc12)C(=O)OCC(C)(C)C. The van der Waals surface area contributed by atoms with Crippen LogP contribution in [-0.4, -0.2) is 73.2 Å². The molecule has 1 unspecified atom stereocenters. The Morgan fingerprint density at radius 2 is 1.93 bits per heavy atom. The molecule has 14 nitrogen and oxygen atoms in total. The van der Waals surface area contributed by atoms with Crippen molar-refractivity contribution in [3.8, 4) is 5.75 Å². The lowest BCUT2D eigenvalue weighted by molar-refractivity contribution is -0.204.